The van der Waals surface area contributed by atoms with E-state index < -0.39 is 10.7 Å². The van der Waals surface area contributed by atoms with E-state index in [1.807, 2.05) is 4.90 Å². The number of rotatable bonds is 2. The van der Waals surface area contributed by atoms with Crippen molar-refractivity contribution in [3.8, 4) is 0 Å². The second-order valence-electron chi connectivity index (χ2n) is 5.94. The molecule has 21 heavy (non-hydrogen) atoms. The molecular weight excluding hydrogens is 297 g/mol. The number of nitrogens with zero attached hydrogens (tertiary/aromatic N) is 2. The highest BCUT2D eigenvalue weighted by Gasteiger charge is 2.40. The number of anilines is 1. The first-order chi connectivity index (χ1) is 9.97. The number of benzene rings is 1. The van der Waals surface area contributed by atoms with Gasteiger partial charge in [-0.05, 0) is 30.7 Å². The molecule has 0 radical (unpaired) electrons. The summed E-state index contributed by atoms with van der Waals surface area (Å²) in [7, 11) is 0. The van der Waals surface area contributed by atoms with Gasteiger partial charge in [-0.3, -0.25) is 10.1 Å². The maximum Gasteiger partial charge on any atom is 0.295 e. The van der Waals surface area contributed by atoms with Gasteiger partial charge in [0, 0.05) is 19.1 Å². The van der Waals surface area contributed by atoms with Crippen molar-refractivity contribution >= 4 is 23.0 Å². The maximum atomic E-state index is 13.5. The van der Waals surface area contributed by atoms with E-state index in [1.165, 1.54) is 6.07 Å². The number of nitro groups is 1. The van der Waals surface area contributed by atoms with Crippen molar-refractivity contribution in [3.63, 3.8) is 0 Å². The van der Waals surface area contributed by atoms with Crippen LogP contribution in [0.15, 0.2) is 12.1 Å². The molecule has 1 aromatic carbocycles. The van der Waals surface area contributed by atoms with E-state index in [9.17, 15) is 14.5 Å². The van der Waals surface area contributed by atoms with Crippen molar-refractivity contribution in [3.05, 3.63) is 33.1 Å². The third kappa shape index (κ3) is 2.58. The summed E-state index contributed by atoms with van der Waals surface area (Å²) >= 11 is 5.80. The Hall–Kier alpha value is -1.40. The van der Waals surface area contributed by atoms with E-state index in [-0.39, 0.29) is 16.8 Å². The Balaban J connectivity index is 1.94. The lowest BCUT2D eigenvalue weighted by Gasteiger charge is -2.29. The lowest BCUT2D eigenvalue weighted by atomic mass is 9.78. The fourth-order valence-corrected chi connectivity index (χ4v) is 3.80. The Morgan fingerprint density at radius 2 is 2.14 bits per heavy atom. The predicted octanol–water partition coefficient (Wildman–Crippen LogP) is 2.95. The molecule has 1 heterocycles. The fraction of sp³-hybridized carbons (Fsp3) is 0.571. The van der Waals surface area contributed by atoms with Crippen molar-refractivity contribution < 1.29 is 9.31 Å². The molecule has 0 bridgehead atoms. The highest BCUT2D eigenvalue weighted by molar-refractivity contribution is 6.31. The minimum absolute atomic E-state index is 0.0882. The SMILES string of the molecule is NC1CCCC2CN(c3cc(Cl)c(F)cc3[N+](=O)[O-])CC12. The molecule has 3 rings (SSSR count). The van der Waals surface area contributed by atoms with Crippen LogP contribution >= 0.6 is 11.6 Å². The zero-order chi connectivity index (χ0) is 15.1. The van der Waals surface area contributed by atoms with Gasteiger partial charge >= 0.3 is 0 Å². The summed E-state index contributed by atoms with van der Waals surface area (Å²) in [5, 5.41) is 11.1. The second kappa shape index (κ2) is 5.42. The summed E-state index contributed by atoms with van der Waals surface area (Å²) in [6, 6.07) is 2.40. The Labute approximate surface area is 127 Å². The lowest BCUT2D eigenvalue weighted by Crippen LogP contribution is -2.38. The zero-order valence-corrected chi connectivity index (χ0v) is 12.2. The maximum absolute atomic E-state index is 13.5. The number of nitrogens with two attached hydrogens (primary N) is 1. The number of hydrogen-bond acceptors (Lipinski definition) is 4. The van der Waals surface area contributed by atoms with Crippen LogP contribution in [0.2, 0.25) is 5.02 Å². The Kier molecular flexibility index (Phi) is 3.75. The molecule has 1 aromatic rings. The molecule has 5 nitrogen and oxygen atoms in total. The summed E-state index contributed by atoms with van der Waals surface area (Å²) < 4.78 is 13.5. The van der Waals surface area contributed by atoms with Crippen LogP contribution in [0, 0.1) is 27.8 Å². The molecule has 1 aliphatic heterocycles. The number of hydrogen-bond donors (Lipinski definition) is 1. The minimum atomic E-state index is -0.763. The average Bonchev–Trinajstić information content (AvgIpc) is 2.86. The summed E-state index contributed by atoms with van der Waals surface area (Å²) in [6.07, 6.45) is 3.20. The zero-order valence-electron chi connectivity index (χ0n) is 11.5. The van der Waals surface area contributed by atoms with Crippen LogP contribution in [0.3, 0.4) is 0 Å². The normalized spacial score (nSPS) is 28.5. The molecule has 3 atom stereocenters. The average molecular weight is 314 g/mol. The van der Waals surface area contributed by atoms with Gasteiger partial charge in [-0.2, -0.15) is 0 Å². The van der Waals surface area contributed by atoms with Crippen molar-refractivity contribution in [1.29, 1.82) is 0 Å². The highest BCUT2D eigenvalue weighted by Crippen LogP contribution is 2.41. The van der Waals surface area contributed by atoms with Crippen LogP contribution in [-0.4, -0.2) is 24.1 Å². The fourth-order valence-electron chi connectivity index (χ4n) is 3.64. The molecular formula is C14H17ClFN3O2. The number of nitro benzene ring substituents is 1. The summed E-state index contributed by atoms with van der Waals surface area (Å²) in [5.41, 5.74) is 6.33. The van der Waals surface area contributed by atoms with E-state index in [1.54, 1.807) is 0 Å². The molecule has 0 spiro atoms. The van der Waals surface area contributed by atoms with Gasteiger partial charge < -0.3 is 10.6 Å². The first-order valence-electron chi connectivity index (χ1n) is 7.11. The molecule has 114 valence electrons. The van der Waals surface area contributed by atoms with E-state index in [0.29, 0.717) is 24.1 Å². The van der Waals surface area contributed by atoms with Crippen LogP contribution in [-0.2, 0) is 0 Å². The smallest absolute Gasteiger partial charge is 0.295 e. The van der Waals surface area contributed by atoms with Gasteiger partial charge in [0.25, 0.3) is 5.69 Å². The van der Waals surface area contributed by atoms with E-state index in [2.05, 4.69) is 0 Å². The van der Waals surface area contributed by atoms with Crippen LogP contribution in [0.25, 0.3) is 0 Å². The van der Waals surface area contributed by atoms with Gasteiger partial charge in [0.2, 0.25) is 0 Å². The molecule has 3 unspecified atom stereocenters. The van der Waals surface area contributed by atoms with Gasteiger partial charge in [-0.1, -0.05) is 18.0 Å². The van der Waals surface area contributed by atoms with Gasteiger partial charge in [0.15, 0.2) is 0 Å². The Morgan fingerprint density at radius 3 is 2.81 bits per heavy atom. The minimum Gasteiger partial charge on any atom is -0.365 e. The summed E-state index contributed by atoms with van der Waals surface area (Å²) in [5.74, 6) is 0.0415. The highest BCUT2D eigenvalue weighted by atomic mass is 35.5. The molecule has 2 N–H and O–H groups in total. The van der Waals surface area contributed by atoms with Crippen LogP contribution in [0.4, 0.5) is 15.8 Å². The molecule has 7 heteroatoms. The standard InChI is InChI=1S/C14H17ClFN3O2/c15-10-4-13(14(19(20)21)5-11(10)16)18-6-8-2-1-3-12(17)9(8)7-18/h4-5,8-9,12H,1-3,6-7,17H2. The molecule has 2 fully saturated rings. The predicted molar refractivity (Wildman–Crippen MR) is 79.1 cm³/mol. The summed E-state index contributed by atoms with van der Waals surface area (Å²) in [4.78, 5) is 12.5. The van der Waals surface area contributed by atoms with Crippen molar-refractivity contribution in [1.82, 2.24) is 0 Å². The first kappa shape index (κ1) is 14.5. The topological polar surface area (TPSA) is 72.4 Å². The third-order valence-corrected chi connectivity index (χ3v) is 5.00. The van der Waals surface area contributed by atoms with Crippen molar-refractivity contribution in [2.45, 2.75) is 25.3 Å². The van der Waals surface area contributed by atoms with E-state index in [0.717, 1.165) is 31.9 Å². The molecule has 0 amide bonds. The molecule has 1 saturated carbocycles. The Bertz CT molecular complexity index is 584. The van der Waals surface area contributed by atoms with Gasteiger partial charge in [0.1, 0.15) is 11.5 Å². The third-order valence-electron chi connectivity index (χ3n) is 4.71. The van der Waals surface area contributed by atoms with Crippen molar-refractivity contribution in [2.75, 3.05) is 18.0 Å². The van der Waals surface area contributed by atoms with Crippen LogP contribution in [0.5, 0.6) is 0 Å². The molecule has 2 aliphatic rings. The summed E-state index contributed by atoms with van der Waals surface area (Å²) in [6.45, 7) is 1.40. The second-order valence-corrected chi connectivity index (χ2v) is 6.34. The van der Waals surface area contributed by atoms with Gasteiger partial charge in [-0.15, -0.1) is 0 Å². The monoisotopic (exact) mass is 313 g/mol. The van der Waals surface area contributed by atoms with E-state index in [4.69, 9.17) is 17.3 Å². The van der Waals surface area contributed by atoms with E-state index >= 15 is 0 Å². The number of fused-ring (bicyclic) bond motifs is 1. The molecule has 1 aliphatic carbocycles. The van der Waals surface area contributed by atoms with Crippen LogP contribution < -0.4 is 10.6 Å². The first-order valence-corrected chi connectivity index (χ1v) is 7.49. The Morgan fingerprint density at radius 1 is 1.38 bits per heavy atom. The lowest BCUT2D eigenvalue weighted by molar-refractivity contribution is -0.384. The number of halogens is 2. The van der Waals surface area contributed by atoms with Crippen molar-refractivity contribution in [2.24, 2.45) is 17.6 Å². The molecule has 0 aromatic heterocycles. The van der Waals surface area contributed by atoms with Crippen LogP contribution in [0.1, 0.15) is 19.3 Å². The molecule has 1 saturated heterocycles. The van der Waals surface area contributed by atoms with Gasteiger partial charge in [0.05, 0.1) is 16.0 Å². The van der Waals surface area contributed by atoms with Gasteiger partial charge in [-0.25, -0.2) is 4.39 Å². The largest absolute Gasteiger partial charge is 0.365 e. The quantitative estimate of drug-likeness (QED) is 0.673.